The van der Waals surface area contributed by atoms with Crippen LogP contribution in [0.3, 0.4) is 0 Å². The van der Waals surface area contributed by atoms with Crippen LogP contribution in [0.15, 0.2) is 45.8 Å². The van der Waals surface area contributed by atoms with Crippen LogP contribution in [-0.4, -0.2) is 15.4 Å². The van der Waals surface area contributed by atoms with Crippen molar-refractivity contribution in [3.05, 3.63) is 70.6 Å². The SMILES string of the molecule is Fc1ccc(Cc2nnc(Nc3ccc4c(c3)C(Cl)=NC4)o2)cc1F. The van der Waals surface area contributed by atoms with E-state index in [2.05, 4.69) is 20.5 Å². The number of halogens is 3. The quantitative estimate of drug-likeness (QED) is 0.758. The number of rotatable bonds is 4. The van der Waals surface area contributed by atoms with Crippen LogP contribution >= 0.6 is 11.6 Å². The van der Waals surface area contributed by atoms with E-state index >= 15 is 0 Å². The average Bonchev–Trinajstić information content (AvgIpc) is 3.18. The minimum Gasteiger partial charge on any atom is -0.408 e. The molecule has 0 unspecified atom stereocenters. The molecule has 3 aromatic rings. The van der Waals surface area contributed by atoms with E-state index in [1.165, 1.54) is 6.07 Å². The van der Waals surface area contributed by atoms with E-state index in [4.69, 9.17) is 16.0 Å². The Labute approximate surface area is 146 Å². The topological polar surface area (TPSA) is 63.3 Å². The number of nitrogens with zero attached hydrogens (tertiary/aromatic N) is 3. The number of anilines is 2. The van der Waals surface area contributed by atoms with Gasteiger partial charge < -0.3 is 9.73 Å². The molecule has 0 spiro atoms. The standard InChI is InChI=1S/C17H11ClF2N4O/c18-16-12-7-11(3-2-10(12)8-21-16)22-17-24-23-15(25-17)6-9-1-4-13(19)14(20)5-9/h1-5,7H,6,8H2,(H,22,24). The van der Waals surface area contributed by atoms with Gasteiger partial charge in [-0.1, -0.05) is 28.8 Å². The normalized spacial score (nSPS) is 12.8. The van der Waals surface area contributed by atoms with Crippen molar-refractivity contribution in [3.8, 4) is 0 Å². The third kappa shape index (κ3) is 3.23. The molecule has 2 heterocycles. The van der Waals surface area contributed by atoms with Gasteiger partial charge in [-0.2, -0.15) is 0 Å². The molecule has 126 valence electrons. The van der Waals surface area contributed by atoms with Crippen LogP contribution in [-0.2, 0) is 13.0 Å². The number of nitrogens with one attached hydrogen (secondary N) is 1. The zero-order chi connectivity index (χ0) is 17.4. The third-order valence-corrected chi connectivity index (χ3v) is 4.10. The Balaban J connectivity index is 1.49. The molecule has 0 atom stereocenters. The molecule has 0 aliphatic carbocycles. The molecule has 0 saturated carbocycles. The van der Waals surface area contributed by atoms with Crippen molar-refractivity contribution >= 4 is 28.5 Å². The van der Waals surface area contributed by atoms with Gasteiger partial charge in [0.25, 0.3) is 0 Å². The van der Waals surface area contributed by atoms with Gasteiger partial charge in [0.2, 0.25) is 5.89 Å². The minimum atomic E-state index is -0.910. The van der Waals surface area contributed by atoms with Crippen molar-refractivity contribution in [1.29, 1.82) is 0 Å². The number of hydrogen-bond donors (Lipinski definition) is 1. The number of aliphatic imine (C=N–C) groups is 1. The summed E-state index contributed by atoms with van der Waals surface area (Å²) in [6.45, 7) is 0.577. The molecule has 0 fully saturated rings. The highest BCUT2D eigenvalue weighted by atomic mass is 35.5. The van der Waals surface area contributed by atoms with Crippen molar-refractivity contribution in [3.63, 3.8) is 0 Å². The first-order chi connectivity index (χ1) is 12.1. The maximum absolute atomic E-state index is 13.2. The molecule has 25 heavy (non-hydrogen) atoms. The summed E-state index contributed by atoms with van der Waals surface area (Å²) in [6, 6.07) is 9.48. The Kier molecular flexibility index (Phi) is 3.93. The monoisotopic (exact) mass is 360 g/mol. The van der Waals surface area contributed by atoms with E-state index in [1.54, 1.807) is 0 Å². The second-order valence-electron chi connectivity index (χ2n) is 5.53. The second-order valence-corrected chi connectivity index (χ2v) is 5.89. The fourth-order valence-corrected chi connectivity index (χ4v) is 2.78. The fraction of sp³-hybridized carbons (Fsp3) is 0.118. The first-order valence-corrected chi connectivity index (χ1v) is 7.83. The molecule has 4 rings (SSSR count). The Morgan fingerprint density at radius 3 is 2.80 bits per heavy atom. The maximum atomic E-state index is 13.2. The zero-order valence-corrected chi connectivity index (χ0v) is 13.5. The lowest BCUT2D eigenvalue weighted by molar-refractivity contribution is 0.502. The fourth-order valence-electron chi connectivity index (χ4n) is 2.55. The van der Waals surface area contributed by atoms with E-state index in [0.717, 1.165) is 28.9 Å². The molecule has 0 saturated heterocycles. The molecular weight excluding hydrogens is 350 g/mol. The smallest absolute Gasteiger partial charge is 0.320 e. The van der Waals surface area contributed by atoms with E-state index in [0.29, 0.717) is 17.3 Å². The lowest BCUT2D eigenvalue weighted by Gasteiger charge is -2.04. The van der Waals surface area contributed by atoms with E-state index in [9.17, 15) is 8.78 Å². The Morgan fingerprint density at radius 2 is 1.96 bits per heavy atom. The van der Waals surface area contributed by atoms with Crippen LogP contribution < -0.4 is 5.32 Å². The Hall–Kier alpha value is -2.80. The minimum absolute atomic E-state index is 0.198. The third-order valence-electron chi connectivity index (χ3n) is 3.78. The largest absolute Gasteiger partial charge is 0.408 e. The predicted octanol–water partition coefficient (Wildman–Crippen LogP) is 4.18. The van der Waals surface area contributed by atoms with Gasteiger partial charge in [0, 0.05) is 11.3 Å². The van der Waals surface area contributed by atoms with Crippen LogP contribution in [0.25, 0.3) is 0 Å². The first-order valence-electron chi connectivity index (χ1n) is 7.45. The van der Waals surface area contributed by atoms with Gasteiger partial charge in [-0.15, -0.1) is 5.10 Å². The van der Waals surface area contributed by atoms with Gasteiger partial charge in [0.1, 0.15) is 5.17 Å². The van der Waals surface area contributed by atoms with Gasteiger partial charge in [0.05, 0.1) is 13.0 Å². The van der Waals surface area contributed by atoms with E-state index < -0.39 is 11.6 Å². The lowest BCUT2D eigenvalue weighted by Crippen LogP contribution is -1.95. The van der Waals surface area contributed by atoms with Crippen LogP contribution in [0.5, 0.6) is 0 Å². The van der Waals surface area contributed by atoms with Gasteiger partial charge >= 0.3 is 6.01 Å². The molecular formula is C17H11ClF2N4O. The predicted molar refractivity (Wildman–Crippen MR) is 89.3 cm³/mol. The number of aromatic nitrogens is 2. The summed E-state index contributed by atoms with van der Waals surface area (Å²) in [6.07, 6.45) is 0.203. The van der Waals surface area contributed by atoms with Gasteiger partial charge in [-0.25, -0.2) is 8.78 Å². The van der Waals surface area contributed by atoms with Crippen molar-refractivity contribution in [2.45, 2.75) is 13.0 Å². The molecule has 1 aliphatic heterocycles. The van der Waals surface area contributed by atoms with Crippen molar-refractivity contribution in [1.82, 2.24) is 10.2 Å². The molecule has 1 N–H and O–H groups in total. The molecule has 0 amide bonds. The van der Waals surface area contributed by atoms with Crippen LogP contribution in [0.1, 0.15) is 22.6 Å². The van der Waals surface area contributed by atoms with Crippen LogP contribution in [0.4, 0.5) is 20.5 Å². The highest BCUT2D eigenvalue weighted by Gasteiger charge is 2.15. The maximum Gasteiger partial charge on any atom is 0.320 e. The number of benzene rings is 2. The van der Waals surface area contributed by atoms with Gasteiger partial charge in [0.15, 0.2) is 11.6 Å². The molecule has 5 nitrogen and oxygen atoms in total. The van der Waals surface area contributed by atoms with Crippen molar-refractivity contribution < 1.29 is 13.2 Å². The van der Waals surface area contributed by atoms with Crippen LogP contribution in [0, 0.1) is 11.6 Å². The Morgan fingerprint density at radius 1 is 1.08 bits per heavy atom. The summed E-state index contributed by atoms with van der Waals surface area (Å²) in [4.78, 5) is 4.16. The highest BCUT2D eigenvalue weighted by Crippen LogP contribution is 2.26. The van der Waals surface area contributed by atoms with Crippen molar-refractivity contribution in [2.75, 3.05) is 5.32 Å². The molecule has 1 aliphatic rings. The van der Waals surface area contributed by atoms with Gasteiger partial charge in [-0.05, 0) is 35.4 Å². The average molecular weight is 361 g/mol. The van der Waals surface area contributed by atoms with E-state index in [-0.39, 0.29) is 18.3 Å². The summed E-state index contributed by atoms with van der Waals surface area (Å²) in [5.74, 6) is -1.52. The van der Waals surface area contributed by atoms with Crippen LogP contribution in [0.2, 0.25) is 0 Å². The number of fused-ring (bicyclic) bond motifs is 1. The summed E-state index contributed by atoms with van der Waals surface area (Å²) in [5.41, 5.74) is 3.19. The Bertz CT molecular complexity index is 987. The number of hydrogen-bond acceptors (Lipinski definition) is 5. The summed E-state index contributed by atoms with van der Waals surface area (Å²) >= 11 is 6.05. The molecule has 1 aromatic heterocycles. The first kappa shape index (κ1) is 15.7. The zero-order valence-electron chi connectivity index (χ0n) is 12.8. The molecule has 8 heteroatoms. The molecule has 0 radical (unpaired) electrons. The van der Waals surface area contributed by atoms with Crippen molar-refractivity contribution in [2.24, 2.45) is 4.99 Å². The van der Waals surface area contributed by atoms with E-state index in [1.807, 2.05) is 18.2 Å². The molecule has 2 aromatic carbocycles. The summed E-state index contributed by atoms with van der Waals surface area (Å²) < 4.78 is 31.7. The lowest BCUT2D eigenvalue weighted by atomic mass is 10.1. The van der Waals surface area contributed by atoms with Gasteiger partial charge in [-0.3, -0.25) is 4.99 Å². The summed E-state index contributed by atoms with van der Waals surface area (Å²) in [7, 11) is 0. The highest BCUT2D eigenvalue weighted by molar-refractivity contribution is 6.70. The second kappa shape index (κ2) is 6.25. The summed E-state index contributed by atoms with van der Waals surface area (Å²) in [5, 5.41) is 11.3. The molecule has 0 bridgehead atoms.